The third-order valence-electron chi connectivity index (χ3n) is 2.05. The van der Waals surface area contributed by atoms with Gasteiger partial charge in [-0.25, -0.2) is 0 Å². The van der Waals surface area contributed by atoms with Crippen molar-refractivity contribution in [2.45, 2.75) is 26.4 Å². The zero-order valence-corrected chi connectivity index (χ0v) is 8.96. The Morgan fingerprint density at radius 3 is 2.36 bits per heavy atom. The second-order valence-corrected chi connectivity index (χ2v) is 3.66. The molecule has 5 heteroatoms. The van der Waals surface area contributed by atoms with Crippen LogP contribution in [-0.2, 0) is 14.3 Å². The zero-order chi connectivity index (χ0) is 11.4. The predicted octanol–water partition coefficient (Wildman–Crippen LogP) is 0.248. The normalized spacial score (nSPS) is 13.4. The van der Waals surface area contributed by atoms with Crippen LogP contribution in [0, 0.1) is 5.92 Å². The van der Waals surface area contributed by atoms with Crippen LogP contribution < -0.4 is 5.32 Å². The van der Waals surface area contributed by atoms with E-state index in [0.29, 0.717) is 0 Å². The third kappa shape index (κ3) is 3.74. The molecule has 0 aromatic rings. The summed E-state index contributed by atoms with van der Waals surface area (Å²) in [6.07, 6.45) is 0. The van der Waals surface area contributed by atoms with E-state index in [-0.39, 0.29) is 12.5 Å². The zero-order valence-electron chi connectivity index (χ0n) is 8.96. The summed E-state index contributed by atoms with van der Waals surface area (Å²) in [5.74, 6) is -1.83. The quantitative estimate of drug-likeness (QED) is 0.671. The van der Waals surface area contributed by atoms with Crippen LogP contribution >= 0.6 is 0 Å². The summed E-state index contributed by atoms with van der Waals surface area (Å²) in [7, 11) is 1.43. The Bertz CT molecular complexity index is 225. The first-order valence-electron chi connectivity index (χ1n) is 4.37. The van der Waals surface area contributed by atoms with Crippen molar-refractivity contribution in [3.05, 3.63) is 0 Å². The van der Waals surface area contributed by atoms with E-state index in [2.05, 4.69) is 5.32 Å². The minimum atomic E-state index is -0.930. The van der Waals surface area contributed by atoms with E-state index >= 15 is 0 Å². The standard InChI is InChI=1S/C9H17NO4/c1-6(7(11)12)5-10-8(13)9(2,3)14-4/h6H,5H2,1-4H3,(H,10,13)(H,11,12). The number of hydrogen-bond acceptors (Lipinski definition) is 3. The van der Waals surface area contributed by atoms with Gasteiger partial charge in [0.25, 0.3) is 5.91 Å². The highest BCUT2D eigenvalue weighted by Gasteiger charge is 2.27. The number of carboxylic acid groups (broad SMARTS) is 1. The van der Waals surface area contributed by atoms with Gasteiger partial charge >= 0.3 is 5.97 Å². The molecule has 1 unspecified atom stereocenters. The highest BCUT2D eigenvalue weighted by molar-refractivity contribution is 5.84. The molecule has 0 aliphatic rings. The maximum atomic E-state index is 11.4. The minimum absolute atomic E-state index is 0.112. The molecule has 14 heavy (non-hydrogen) atoms. The molecule has 0 fully saturated rings. The Morgan fingerprint density at radius 1 is 1.50 bits per heavy atom. The van der Waals surface area contributed by atoms with Crippen molar-refractivity contribution in [3.8, 4) is 0 Å². The second kappa shape index (κ2) is 4.95. The molecule has 0 rings (SSSR count). The largest absolute Gasteiger partial charge is 0.481 e. The van der Waals surface area contributed by atoms with E-state index in [0.717, 1.165) is 0 Å². The van der Waals surface area contributed by atoms with Crippen molar-refractivity contribution in [1.82, 2.24) is 5.32 Å². The molecule has 82 valence electrons. The SMILES string of the molecule is COC(C)(C)C(=O)NCC(C)C(=O)O. The van der Waals surface area contributed by atoms with Crippen LogP contribution in [0.25, 0.3) is 0 Å². The van der Waals surface area contributed by atoms with Gasteiger partial charge in [-0.1, -0.05) is 6.92 Å². The monoisotopic (exact) mass is 203 g/mol. The van der Waals surface area contributed by atoms with Crippen LogP contribution in [0.15, 0.2) is 0 Å². The Kier molecular flexibility index (Phi) is 4.56. The second-order valence-electron chi connectivity index (χ2n) is 3.66. The maximum absolute atomic E-state index is 11.4. The average molecular weight is 203 g/mol. The molecule has 0 aromatic carbocycles. The number of hydrogen-bond donors (Lipinski definition) is 2. The van der Waals surface area contributed by atoms with Crippen molar-refractivity contribution >= 4 is 11.9 Å². The summed E-state index contributed by atoms with van der Waals surface area (Å²) in [5.41, 5.74) is -0.918. The van der Waals surface area contributed by atoms with Crippen LogP contribution in [-0.4, -0.2) is 36.2 Å². The number of amides is 1. The van der Waals surface area contributed by atoms with Gasteiger partial charge in [0.2, 0.25) is 0 Å². The molecule has 0 radical (unpaired) electrons. The van der Waals surface area contributed by atoms with E-state index in [9.17, 15) is 9.59 Å². The van der Waals surface area contributed by atoms with Crippen molar-refractivity contribution < 1.29 is 19.4 Å². The molecule has 0 saturated heterocycles. The van der Waals surface area contributed by atoms with Crippen LogP contribution in [0.3, 0.4) is 0 Å². The lowest BCUT2D eigenvalue weighted by Gasteiger charge is -2.22. The van der Waals surface area contributed by atoms with Gasteiger partial charge in [0.15, 0.2) is 0 Å². The lowest BCUT2D eigenvalue weighted by Crippen LogP contribution is -2.45. The number of aliphatic carboxylic acids is 1. The summed E-state index contributed by atoms with van der Waals surface area (Å²) in [4.78, 5) is 21.8. The molecule has 0 aliphatic carbocycles. The number of rotatable bonds is 5. The van der Waals surface area contributed by atoms with E-state index < -0.39 is 17.5 Å². The van der Waals surface area contributed by atoms with Gasteiger partial charge in [-0.15, -0.1) is 0 Å². The molecule has 0 heterocycles. The number of ether oxygens (including phenoxy) is 1. The smallest absolute Gasteiger partial charge is 0.308 e. The highest BCUT2D eigenvalue weighted by atomic mass is 16.5. The molecule has 0 aliphatic heterocycles. The summed E-state index contributed by atoms with van der Waals surface area (Å²) >= 11 is 0. The molecule has 0 aromatic heterocycles. The Labute approximate surface area is 83.4 Å². The molecule has 1 atom stereocenters. The lowest BCUT2D eigenvalue weighted by atomic mass is 10.1. The molecule has 1 amide bonds. The Hall–Kier alpha value is -1.10. The predicted molar refractivity (Wildman–Crippen MR) is 50.9 cm³/mol. The lowest BCUT2D eigenvalue weighted by molar-refractivity contribution is -0.142. The first-order chi connectivity index (χ1) is 6.31. The number of carboxylic acids is 1. The van der Waals surface area contributed by atoms with Crippen LogP contribution in [0.4, 0.5) is 0 Å². The van der Waals surface area contributed by atoms with Gasteiger partial charge in [0.1, 0.15) is 5.60 Å². The van der Waals surface area contributed by atoms with E-state index in [1.54, 1.807) is 13.8 Å². The van der Waals surface area contributed by atoms with Crippen molar-refractivity contribution in [2.75, 3.05) is 13.7 Å². The summed E-state index contributed by atoms with van der Waals surface area (Å²) in [6, 6.07) is 0. The summed E-state index contributed by atoms with van der Waals surface area (Å²) < 4.78 is 4.93. The first kappa shape index (κ1) is 12.9. The maximum Gasteiger partial charge on any atom is 0.308 e. The third-order valence-corrected chi connectivity index (χ3v) is 2.05. The van der Waals surface area contributed by atoms with Crippen molar-refractivity contribution in [3.63, 3.8) is 0 Å². The van der Waals surface area contributed by atoms with Crippen LogP contribution in [0.2, 0.25) is 0 Å². The van der Waals surface area contributed by atoms with Gasteiger partial charge in [0.05, 0.1) is 5.92 Å². The van der Waals surface area contributed by atoms with Crippen LogP contribution in [0.5, 0.6) is 0 Å². The van der Waals surface area contributed by atoms with Crippen molar-refractivity contribution in [2.24, 2.45) is 5.92 Å². The van der Waals surface area contributed by atoms with Gasteiger partial charge in [0, 0.05) is 13.7 Å². The fourth-order valence-electron chi connectivity index (χ4n) is 0.639. The molecule has 2 N–H and O–H groups in total. The fraction of sp³-hybridized carbons (Fsp3) is 0.778. The molecular formula is C9H17NO4. The van der Waals surface area contributed by atoms with Gasteiger partial charge < -0.3 is 15.2 Å². The number of carbonyl (C=O) groups is 2. The highest BCUT2D eigenvalue weighted by Crippen LogP contribution is 2.07. The van der Waals surface area contributed by atoms with Gasteiger partial charge in [-0.3, -0.25) is 9.59 Å². The fourth-order valence-corrected chi connectivity index (χ4v) is 0.639. The molecule has 0 saturated carbocycles. The molecule has 0 spiro atoms. The summed E-state index contributed by atoms with van der Waals surface area (Å²) in [5, 5.41) is 11.1. The molecule has 0 bridgehead atoms. The van der Waals surface area contributed by atoms with E-state index in [1.165, 1.54) is 14.0 Å². The Balaban J connectivity index is 4.03. The average Bonchev–Trinajstić information content (AvgIpc) is 2.13. The Morgan fingerprint density at radius 2 is 2.00 bits per heavy atom. The van der Waals surface area contributed by atoms with E-state index in [1.807, 2.05) is 0 Å². The van der Waals surface area contributed by atoms with E-state index in [4.69, 9.17) is 9.84 Å². The summed E-state index contributed by atoms with van der Waals surface area (Å²) in [6.45, 7) is 4.88. The minimum Gasteiger partial charge on any atom is -0.481 e. The van der Waals surface area contributed by atoms with Crippen molar-refractivity contribution in [1.29, 1.82) is 0 Å². The molecule has 5 nitrogen and oxygen atoms in total. The number of nitrogens with one attached hydrogen (secondary N) is 1. The first-order valence-corrected chi connectivity index (χ1v) is 4.37. The molecular weight excluding hydrogens is 186 g/mol. The van der Waals surface area contributed by atoms with Gasteiger partial charge in [-0.05, 0) is 13.8 Å². The topological polar surface area (TPSA) is 75.6 Å². The number of carbonyl (C=O) groups excluding carboxylic acids is 1. The number of methoxy groups -OCH3 is 1. The van der Waals surface area contributed by atoms with Gasteiger partial charge in [-0.2, -0.15) is 0 Å². The van der Waals surface area contributed by atoms with Crippen LogP contribution in [0.1, 0.15) is 20.8 Å².